The van der Waals surface area contributed by atoms with E-state index in [-0.39, 0.29) is 24.1 Å². The first kappa shape index (κ1) is 26.9. The number of aliphatic hydroxyl groups is 1. The van der Waals surface area contributed by atoms with Crippen molar-refractivity contribution in [2.75, 3.05) is 45.7 Å². The summed E-state index contributed by atoms with van der Waals surface area (Å²) in [6.45, 7) is 1.44. The van der Waals surface area contributed by atoms with Crippen molar-refractivity contribution in [2.45, 2.75) is 24.5 Å². The lowest BCUT2D eigenvalue weighted by Gasteiger charge is -2.52. The van der Waals surface area contributed by atoms with E-state index < -0.39 is 76.1 Å². The first-order chi connectivity index (χ1) is 18.4. The molecule has 39 heavy (non-hydrogen) atoms. The molecule has 3 aliphatic carbocycles. The van der Waals surface area contributed by atoms with Crippen LogP contribution in [0.2, 0.25) is 0 Å². The fourth-order valence-corrected chi connectivity index (χ4v) is 6.64. The summed E-state index contributed by atoms with van der Waals surface area (Å²) in [7, 11) is 3.05. The number of anilines is 1. The number of morpholine rings is 1. The van der Waals surface area contributed by atoms with E-state index in [2.05, 4.69) is 5.32 Å². The summed E-state index contributed by atoms with van der Waals surface area (Å²) < 4.78 is 5.23. The molecule has 0 aromatic heterocycles. The normalized spacial score (nSPS) is 32.4. The zero-order chi connectivity index (χ0) is 28.4. The van der Waals surface area contributed by atoms with Gasteiger partial charge in [-0.2, -0.15) is 0 Å². The fourth-order valence-electron chi connectivity index (χ4n) is 6.64. The summed E-state index contributed by atoms with van der Waals surface area (Å²) in [5.41, 5.74) is 2.77. The van der Waals surface area contributed by atoms with Gasteiger partial charge in [-0.25, -0.2) is 4.79 Å². The molecule has 4 aliphatic rings. The van der Waals surface area contributed by atoms with Crippen molar-refractivity contribution in [3.63, 3.8) is 0 Å². The predicted octanol–water partition coefficient (Wildman–Crippen LogP) is -1.27. The smallest absolute Gasteiger partial charge is 0.322 e. The Morgan fingerprint density at radius 1 is 1.13 bits per heavy atom. The van der Waals surface area contributed by atoms with Crippen LogP contribution in [0.1, 0.15) is 22.3 Å². The number of urea groups is 1. The van der Waals surface area contributed by atoms with E-state index in [4.69, 9.17) is 10.5 Å². The summed E-state index contributed by atoms with van der Waals surface area (Å²) in [5, 5.41) is 25.2. The molecule has 208 valence electrons. The van der Waals surface area contributed by atoms with Crippen LogP contribution in [0.4, 0.5) is 10.5 Å². The van der Waals surface area contributed by atoms with Gasteiger partial charge in [0.05, 0.1) is 36.4 Å². The van der Waals surface area contributed by atoms with Gasteiger partial charge in [-0.1, -0.05) is 6.07 Å². The molecule has 1 aromatic carbocycles. The number of nitrogens with two attached hydrogens (primary N) is 1. The number of hydrogen-bond donors (Lipinski definition) is 4. The Hall–Kier alpha value is -3.68. The number of hydrogen-bond acceptors (Lipinski definition) is 10. The number of ether oxygens (including phenoxy) is 1. The largest absolute Gasteiger partial charge is 0.505 e. The van der Waals surface area contributed by atoms with Gasteiger partial charge in [0, 0.05) is 19.0 Å². The summed E-state index contributed by atoms with van der Waals surface area (Å²) in [4.78, 5) is 81.6. The van der Waals surface area contributed by atoms with Gasteiger partial charge < -0.3 is 30.9 Å². The van der Waals surface area contributed by atoms with Crippen LogP contribution in [-0.2, 0) is 30.3 Å². The van der Waals surface area contributed by atoms with Crippen molar-refractivity contribution in [1.82, 2.24) is 9.80 Å². The van der Waals surface area contributed by atoms with Gasteiger partial charge in [-0.15, -0.1) is 0 Å². The summed E-state index contributed by atoms with van der Waals surface area (Å²) in [6.07, 6.45) is 0.122. The maximum atomic E-state index is 13.8. The van der Waals surface area contributed by atoms with Crippen LogP contribution in [0.5, 0.6) is 5.75 Å². The second-order valence-corrected chi connectivity index (χ2v) is 10.8. The number of amides is 3. The monoisotopic (exact) mass is 542 g/mol. The van der Waals surface area contributed by atoms with Crippen LogP contribution in [0.3, 0.4) is 0 Å². The first-order valence-electron chi connectivity index (χ1n) is 12.7. The molecule has 3 amide bonds. The number of carbonyl (C=O) groups is 6. The van der Waals surface area contributed by atoms with Crippen molar-refractivity contribution in [3.05, 3.63) is 23.3 Å². The van der Waals surface area contributed by atoms with E-state index in [1.54, 1.807) is 6.07 Å². The maximum absolute atomic E-state index is 13.8. The van der Waals surface area contributed by atoms with Crippen molar-refractivity contribution >= 4 is 40.8 Å². The highest BCUT2D eigenvalue weighted by atomic mass is 16.5. The van der Waals surface area contributed by atoms with Crippen LogP contribution >= 0.6 is 0 Å². The molecule has 5 rings (SSSR count). The summed E-state index contributed by atoms with van der Waals surface area (Å²) in [5.74, 6) is -11.2. The van der Waals surface area contributed by atoms with Gasteiger partial charge in [0.1, 0.15) is 5.75 Å². The molecule has 2 unspecified atom stereocenters. The molecular weight excluding hydrogens is 512 g/mol. The molecule has 0 radical (unpaired) electrons. The van der Waals surface area contributed by atoms with Gasteiger partial charge in [0.25, 0.3) is 0 Å². The number of benzene rings is 1. The second-order valence-electron chi connectivity index (χ2n) is 10.8. The predicted molar refractivity (Wildman–Crippen MR) is 133 cm³/mol. The Balaban J connectivity index is 1.51. The lowest BCUT2D eigenvalue weighted by Crippen LogP contribution is -2.74. The Bertz CT molecular complexity index is 1300. The average molecular weight is 543 g/mol. The molecule has 13 heteroatoms. The minimum absolute atomic E-state index is 0.0276. The molecule has 3 fully saturated rings. The Labute approximate surface area is 223 Å². The quantitative estimate of drug-likeness (QED) is 0.264. The number of rotatable bonds is 3. The lowest BCUT2D eigenvalue weighted by atomic mass is 9.52. The standard InChI is InChI=1S/C26H30N4O9/c1-29(2)18-13-10-12-9-11-3-4-14(28-25(37)30-5-7-39-8-6-30)19(31)15(11)20(32)16(12)22(34)26(13,38)23(35)17(21(18)33)24(27)36/h3-4,12-13,16-18,31,38H,5-10H2,1-2H3,(H2,27,36)(H,28,37)/t12-,13-,16?,17?,18-,26-/m1/s1. The van der Waals surface area contributed by atoms with E-state index in [1.807, 2.05) is 0 Å². The number of phenolic OH excluding ortho intramolecular Hbond substituents is 1. The molecule has 13 nitrogen and oxygen atoms in total. The second kappa shape index (κ2) is 9.50. The molecule has 0 bridgehead atoms. The van der Waals surface area contributed by atoms with E-state index in [0.29, 0.717) is 31.9 Å². The summed E-state index contributed by atoms with van der Waals surface area (Å²) >= 11 is 0. The Morgan fingerprint density at radius 2 is 1.79 bits per heavy atom. The molecule has 2 saturated carbocycles. The fraction of sp³-hybridized carbons (Fsp3) is 0.538. The molecular formula is C26H30N4O9. The van der Waals surface area contributed by atoms with Gasteiger partial charge in [0.2, 0.25) is 5.91 Å². The highest BCUT2D eigenvalue weighted by Crippen LogP contribution is 2.51. The number of Topliss-reactive ketones (excluding diaryl/α,β-unsaturated/α-hetero) is 4. The van der Waals surface area contributed by atoms with Crippen LogP contribution in [0.25, 0.3) is 0 Å². The van der Waals surface area contributed by atoms with Crippen molar-refractivity contribution < 1.29 is 43.7 Å². The number of carbonyl (C=O) groups excluding carboxylic acids is 6. The van der Waals surface area contributed by atoms with E-state index in [9.17, 15) is 39.0 Å². The van der Waals surface area contributed by atoms with E-state index in [0.717, 1.165) is 0 Å². The number of aromatic hydroxyl groups is 1. The first-order valence-corrected chi connectivity index (χ1v) is 12.7. The zero-order valence-electron chi connectivity index (χ0n) is 21.5. The number of likely N-dealkylation sites (N-methyl/N-ethyl adjacent to an activating group) is 1. The third-order valence-electron chi connectivity index (χ3n) is 8.47. The third-order valence-corrected chi connectivity index (χ3v) is 8.47. The maximum Gasteiger partial charge on any atom is 0.322 e. The zero-order valence-corrected chi connectivity index (χ0v) is 21.5. The molecule has 6 atom stereocenters. The molecule has 1 saturated heterocycles. The number of ketones is 4. The van der Waals surface area contributed by atoms with Crippen LogP contribution in [0, 0.1) is 23.7 Å². The number of phenols is 1. The van der Waals surface area contributed by atoms with Gasteiger partial charge in [0.15, 0.2) is 34.7 Å². The molecule has 5 N–H and O–H groups in total. The van der Waals surface area contributed by atoms with Crippen molar-refractivity contribution in [1.29, 1.82) is 0 Å². The average Bonchev–Trinajstić information content (AvgIpc) is 2.88. The Kier molecular flexibility index (Phi) is 6.56. The Morgan fingerprint density at radius 3 is 2.41 bits per heavy atom. The highest BCUT2D eigenvalue weighted by molar-refractivity contribution is 6.32. The van der Waals surface area contributed by atoms with Gasteiger partial charge in [-0.3, -0.25) is 28.9 Å². The van der Waals surface area contributed by atoms with E-state index in [1.165, 1.54) is 30.0 Å². The number of primary amides is 1. The summed E-state index contributed by atoms with van der Waals surface area (Å²) in [6, 6.07) is 1.39. The van der Waals surface area contributed by atoms with Gasteiger partial charge in [-0.05, 0) is 44.5 Å². The highest BCUT2D eigenvalue weighted by Gasteiger charge is 2.69. The van der Waals surface area contributed by atoms with Crippen LogP contribution in [0.15, 0.2) is 12.1 Å². The third kappa shape index (κ3) is 3.95. The van der Waals surface area contributed by atoms with Gasteiger partial charge >= 0.3 is 6.03 Å². The van der Waals surface area contributed by atoms with E-state index >= 15 is 0 Å². The molecule has 1 aromatic rings. The number of fused-ring (bicyclic) bond motifs is 3. The molecule has 1 aliphatic heterocycles. The number of nitrogens with one attached hydrogen (secondary N) is 1. The molecule has 1 heterocycles. The van der Waals surface area contributed by atoms with Crippen LogP contribution in [-0.4, -0.2) is 107 Å². The topological polar surface area (TPSA) is 197 Å². The van der Waals surface area contributed by atoms with Crippen molar-refractivity contribution in [2.24, 2.45) is 29.4 Å². The van der Waals surface area contributed by atoms with Crippen molar-refractivity contribution in [3.8, 4) is 5.75 Å². The lowest BCUT2D eigenvalue weighted by molar-refractivity contribution is -0.181. The minimum Gasteiger partial charge on any atom is -0.505 e. The molecule has 0 spiro atoms. The minimum atomic E-state index is -2.78. The number of nitrogens with zero attached hydrogens (tertiary/aromatic N) is 2. The van der Waals surface area contributed by atoms with Crippen LogP contribution < -0.4 is 11.1 Å². The SMILES string of the molecule is CN(C)[C@H]1C(=O)C(C(N)=O)C(=O)[C@]2(O)C(=O)C3C(=O)c4c(ccc(NC(=O)N5CCOCC5)c4O)C[C@@H]3C[C@H]12.